The highest BCUT2D eigenvalue weighted by molar-refractivity contribution is 7.99. The summed E-state index contributed by atoms with van der Waals surface area (Å²) in [4.78, 5) is 24.3. The molecule has 0 saturated heterocycles. The van der Waals surface area contributed by atoms with Crippen LogP contribution in [0.3, 0.4) is 0 Å². The Morgan fingerprint density at radius 3 is 2.37 bits per heavy atom. The van der Waals surface area contributed by atoms with Crippen LogP contribution in [0.2, 0.25) is 0 Å². The molecule has 1 aromatic heterocycles. The van der Waals surface area contributed by atoms with E-state index >= 15 is 0 Å². The molecule has 6 nitrogen and oxygen atoms in total. The van der Waals surface area contributed by atoms with Crippen LogP contribution in [0.15, 0.2) is 4.52 Å². The van der Waals surface area contributed by atoms with Gasteiger partial charge in [-0.2, -0.15) is 0 Å². The summed E-state index contributed by atoms with van der Waals surface area (Å²) in [5, 5.41) is 7.13. The molecule has 0 aromatic carbocycles. The second-order valence-electron chi connectivity index (χ2n) is 8.70. The van der Waals surface area contributed by atoms with E-state index in [1.165, 1.54) is 31.0 Å². The molecule has 4 aliphatic rings. The van der Waals surface area contributed by atoms with E-state index < -0.39 is 0 Å². The summed E-state index contributed by atoms with van der Waals surface area (Å²) < 4.78 is 10.3. The molecule has 0 radical (unpaired) electrons. The van der Waals surface area contributed by atoms with Crippen LogP contribution in [-0.2, 0) is 20.1 Å². The summed E-state index contributed by atoms with van der Waals surface area (Å²) in [5.41, 5.74) is 1.84. The van der Waals surface area contributed by atoms with Crippen molar-refractivity contribution in [2.45, 2.75) is 63.7 Å². The number of hydrogen-bond acceptors (Lipinski definition) is 6. The lowest BCUT2D eigenvalue weighted by Gasteiger charge is -2.56. The number of amides is 1. The number of ether oxygens (including phenoxy) is 1. The molecule has 0 unspecified atom stereocenters. The van der Waals surface area contributed by atoms with Gasteiger partial charge in [0.1, 0.15) is 5.76 Å². The maximum Gasteiger partial charge on any atom is 0.316 e. The summed E-state index contributed by atoms with van der Waals surface area (Å²) in [7, 11) is 0. The van der Waals surface area contributed by atoms with Crippen molar-refractivity contribution < 1.29 is 18.8 Å². The van der Waals surface area contributed by atoms with Gasteiger partial charge in [0.05, 0.1) is 11.4 Å². The van der Waals surface area contributed by atoms with Gasteiger partial charge in [-0.05, 0) is 70.1 Å². The van der Waals surface area contributed by atoms with Gasteiger partial charge in [-0.1, -0.05) is 5.16 Å². The number of nitrogens with zero attached hydrogens (tertiary/aromatic N) is 1. The number of aromatic nitrogens is 1. The Labute approximate surface area is 164 Å². The lowest BCUT2D eigenvalue weighted by molar-refractivity contribution is -0.147. The van der Waals surface area contributed by atoms with Crippen molar-refractivity contribution in [3.05, 3.63) is 17.0 Å². The average molecular weight is 393 g/mol. The number of esters is 1. The standard InChI is InChI=1S/C20H28N2O4S/c1-12-17(13(2)26-22-12)10-27-11-19(24)25-9-18(23)21-20-6-14-3-15(7-20)5-16(4-14)8-20/h14-16H,3-11H2,1-2H3,(H,21,23). The van der Waals surface area contributed by atoms with Crippen LogP contribution in [0.5, 0.6) is 0 Å². The van der Waals surface area contributed by atoms with Gasteiger partial charge < -0.3 is 14.6 Å². The van der Waals surface area contributed by atoms with Crippen LogP contribution in [-0.4, -0.2) is 34.9 Å². The molecule has 148 valence electrons. The van der Waals surface area contributed by atoms with Gasteiger partial charge in [-0.3, -0.25) is 9.59 Å². The lowest BCUT2D eigenvalue weighted by atomic mass is 9.53. The zero-order valence-corrected chi connectivity index (χ0v) is 16.9. The molecule has 1 heterocycles. The minimum absolute atomic E-state index is 0.0314. The smallest absolute Gasteiger partial charge is 0.316 e. The Kier molecular flexibility index (Phi) is 5.23. The van der Waals surface area contributed by atoms with E-state index in [0.29, 0.717) is 5.75 Å². The highest BCUT2D eigenvalue weighted by Gasteiger charge is 2.51. The Morgan fingerprint density at radius 1 is 1.19 bits per heavy atom. The van der Waals surface area contributed by atoms with Gasteiger partial charge in [0.25, 0.3) is 5.91 Å². The normalized spacial score (nSPS) is 31.1. The predicted octanol–water partition coefficient (Wildman–Crippen LogP) is 3.15. The Balaban J connectivity index is 1.19. The first-order valence-corrected chi connectivity index (χ1v) is 11.0. The number of nitrogens with one attached hydrogen (secondary N) is 1. The zero-order chi connectivity index (χ0) is 19.0. The molecule has 0 aliphatic heterocycles. The number of rotatable bonds is 7. The fourth-order valence-corrected chi connectivity index (χ4v) is 6.70. The van der Waals surface area contributed by atoms with Gasteiger partial charge in [-0.15, -0.1) is 11.8 Å². The van der Waals surface area contributed by atoms with Crippen molar-refractivity contribution in [1.82, 2.24) is 10.5 Å². The minimum atomic E-state index is -0.354. The third-order valence-electron chi connectivity index (χ3n) is 6.45. The van der Waals surface area contributed by atoms with Gasteiger partial charge in [0.15, 0.2) is 6.61 Å². The first-order chi connectivity index (χ1) is 12.9. The van der Waals surface area contributed by atoms with E-state index in [9.17, 15) is 9.59 Å². The minimum Gasteiger partial charge on any atom is -0.455 e. The maximum absolute atomic E-state index is 12.4. The SMILES string of the molecule is Cc1noc(C)c1CSCC(=O)OCC(=O)NC12CC3CC(CC(C3)C1)C2. The van der Waals surface area contributed by atoms with Gasteiger partial charge >= 0.3 is 5.97 Å². The molecule has 4 fully saturated rings. The van der Waals surface area contributed by atoms with Crippen molar-refractivity contribution in [2.24, 2.45) is 17.8 Å². The average Bonchev–Trinajstić information content (AvgIpc) is 2.90. The van der Waals surface area contributed by atoms with Crippen molar-refractivity contribution in [3.63, 3.8) is 0 Å². The van der Waals surface area contributed by atoms with Crippen molar-refractivity contribution >= 4 is 23.6 Å². The topological polar surface area (TPSA) is 81.4 Å². The maximum atomic E-state index is 12.4. The van der Waals surface area contributed by atoms with E-state index in [1.807, 2.05) is 13.8 Å². The van der Waals surface area contributed by atoms with Crippen LogP contribution in [0.1, 0.15) is 55.5 Å². The van der Waals surface area contributed by atoms with Crippen molar-refractivity contribution in [2.75, 3.05) is 12.4 Å². The van der Waals surface area contributed by atoms with E-state index in [4.69, 9.17) is 9.26 Å². The van der Waals surface area contributed by atoms with Gasteiger partial charge in [0, 0.05) is 16.9 Å². The van der Waals surface area contributed by atoms with Crippen molar-refractivity contribution in [3.8, 4) is 0 Å². The molecule has 1 N–H and O–H groups in total. The third kappa shape index (κ3) is 4.18. The van der Waals surface area contributed by atoms with Crippen LogP contribution >= 0.6 is 11.8 Å². The first kappa shape index (κ1) is 18.8. The Morgan fingerprint density at radius 2 is 1.81 bits per heavy atom. The molecule has 27 heavy (non-hydrogen) atoms. The highest BCUT2D eigenvalue weighted by atomic mass is 32.2. The molecule has 0 spiro atoms. The lowest BCUT2D eigenvalue weighted by Crippen LogP contribution is -2.60. The molecular weight excluding hydrogens is 364 g/mol. The second-order valence-corrected chi connectivity index (χ2v) is 9.69. The largest absolute Gasteiger partial charge is 0.455 e. The Bertz CT molecular complexity index is 675. The van der Waals surface area contributed by atoms with Crippen LogP contribution < -0.4 is 5.32 Å². The molecular formula is C20H28N2O4S. The molecule has 1 aromatic rings. The fourth-order valence-electron chi connectivity index (χ4n) is 5.73. The van der Waals surface area contributed by atoms with Crippen molar-refractivity contribution in [1.29, 1.82) is 0 Å². The Hall–Kier alpha value is -1.50. The number of thioether (sulfide) groups is 1. The zero-order valence-electron chi connectivity index (χ0n) is 16.1. The first-order valence-electron chi connectivity index (χ1n) is 9.88. The number of carbonyl (C=O) groups is 2. The summed E-state index contributed by atoms with van der Waals surface area (Å²) in [6.07, 6.45) is 7.33. The third-order valence-corrected chi connectivity index (χ3v) is 7.39. The van der Waals surface area contributed by atoms with E-state index in [-0.39, 0.29) is 29.8 Å². The molecule has 7 heteroatoms. The molecule has 4 bridgehead atoms. The molecule has 1 amide bonds. The predicted molar refractivity (Wildman–Crippen MR) is 102 cm³/mol. The number of aryl methyl sites for hydroxylation is 2. The molecule has 5 rings (SSSR count). The van der Waals surface area contributed by atoms with Gasteiger partial charge in [-0.25, -0.2) is 0 Å². The summed E-state index contributed by atoms with van der Waals surface area (Å²) in [6, 6.07) is 0. The number of carbonyl (C=O) groups excluding carboxylic acids is 2. The van der Waals surface area contributed by atoms with Crippen LogP contribution in [0, 0.1) is 31.6 Å². The van der Waals surface area contributed by atoms with E-state index in [1.54, 1.807) is 0 Å². The molecule has 4 saturated carbocycles. The summed E-state index contributed by atoms with van der Waals surface area (Å²) in [5.74, 6) is 3.47. The molecule has 4 aliphatic carbocycles. The number of hydrogen-bond donors (Lipinski definition) is 1. The van der Waals surface area contributed by atoms with Crippen LogP contribution in [0.4, 0.5) is 0 Å². The summed E-state index contributed by atoms with van der Waals surface area (Å²) in [6.45, 7) is 3.58. The monoisotopic (exact) mass is 392 g/mol. The fraction of sp³-hybridized carbons (Fsp3) is 0.750. The highest BCUT2D eigenvalue weighted by Crippen LogP contribution is 2.55. The quantitative estimate of drug-likeness (QED) is 0.718. The van der Waals surface area contributed by atoms with Gasteiger partial charge in [0.2, 0.25) is 0 Å². The van der Waals surface area contributed by atoms with E-state index in [0.717, 1.165) is 54.0 Å². The summed E-state index contributed by atoms with van der Waals surface area (Å²) >= 11 is 1.45. The van der Waals surface area contributed by atoms with Crippen LogP contribution in [0.25, 0.3) is 0 Å². The second kappa shape index (κ2) is 7.49. The van der Waals surface area contributed by atoms with E-state index in [2.05, 4.69) is 10.5 Å². The molecule has 0 atom stereocenters.